The van der Waals surface area contributed by atoms with E-state index in [2.05, 4.69) is 31.4 Å². The van der Waals surface area contributed by atoms with Crippen LogP contribution < -0.4 is 10.6 Å². The Kier molecular flexibility index (Phi) is 5.23. The molecule has 0 heterocycles. The highest BCUT2D eigenvalue weighted by Crippen LogP contribution is 2.13. The molecule has 0 aliphatic rings. The molecule has 0 aromatic heterocycles. The third-order valence-corrected chi connectivity index (χ3v) is 2.37. The first kappa shape index (κ1) is 14.6. The summed E-state index contributed by atoms with van der Waals surface area (Å²) in [6.07, 6.45) is 3.60. The first-order valence-electron chi connectivity index (χ1n) is 5.83. The maximum atomic E-state index is 11.5. The first-order chi connectivity index (χ1) is 8.37. The molecule has 0 atom stereocenters. The molecule has 0 bridgehead atoms. The van der Waals surface area contributed by atoms with Gasteiger partial charge in [-0.05, 0) is 23.1 Å². The molecule has 0 aliphatic carbocycles. The predicted molar refractivity (Wildman–Crippen MR) is 75.4 cm³/mol. The number of allylic oxidation sites excluding steroid dienone is 1. The molecule has 1 aromatic rings. The van der Waals surface area contributed by atoms with Crippen LogP contribution in [0.3, 0.4) is 0 Å². The summed E-state index contributed by atoms with van der Waals surface area (Å²) in [5.74, 6) is 0. The summed E-state index contributed by atoms with van der Waals surface area (Å²) >= 11 is 5.85. The van der Waals surface area contributed by atoms with Crippen molar-refractivity contribution in [2.45, 2.75) is 27.3 Å². The SMILES string of the molecule is CC(C)(C)/C=C/NC(=O)NCc1cccc(Cl)c1. The van der Waals surface area contributed by atoms with Gasteiger partial charge in [0.1, 0.15) is 0 Å². The van der Waals surface area contributed by atoms with E-state index in [0.717, 1.165) is 5.56 Å². The van der Waals surface area contributed by atoms with Gasteiger partial charge in [0.2, 0.25) is 0 Å². The zero-order valence-electron chi connectivity index (χ0n) is 11.0. The highest BCUT2D eigenvalue weighted by atomic mass is 35.5. The van der Waals surface area contributed by atoms with Crippen LogP contribution in [0.5, 0.6) is 0 Å². The number of hydrogen-bond donors (Lipinski definition) is 2. The second kappa shape index (κ2) is 6.45. The van der Waals surface area contributed by atoms with Gasteiger partial charge in [0.25, 0.3) is 0 Å². The van der Waals surface area contributed by atoms with Crippen molar-refractivity contribution in [1.82, 2.24) is 10.6 Å². The molecule has 98 valence electrons. The standard InChI is InChI=1S/C14H19ClN2O/c1-14(2,3)7-8-16-13(18)17-10-11-5-4-6-12(15)9-11/h4-9H,10H2,1-3H3,(H2,16,17,18)/b8-7+. The molecular weight excluding hydrogens is 248 g/mol. The molecule has 0 saturated heterocycles. The molecule has 2 N–H and O–H groups in total. The van der Waals surface area contributed by atoms with Crippen LogP contribution in [0.2, 0.25) is 5.02 Å². The van der Waals surface area contributed by atoms with Gasteiger partial charge >= 0.3 is 6.03 Å². The minimum Gasteiger partial charge on any atom is -0.334 e. The molecule has 0 fully saturated rings. The van der Waals surface area contributed by atoms with Crippen molar-refractivity contribution in [3.05, 3.63) is 47.1 Å². The Hall–Kier alpha value is -1.48. The van der Waals surface area contributed by atoms with Gasteiger partial charge in [0, 0.05) is 17.8 Å². The van der Waals surface area contributed by atoms with E-state index < -0.39 is 0 Å². The Balaban J connectivity index is 2.36. The molecule has 18 heavy (non-hydrogen) atoms. The lowest BCUT2D eigenvalue weighted by molar-refractivity contribution is 0.243. The van der Waals surface area contributed by atoms with Crippen LogP contribution in [0.25, 0.3) is 0 Å². The van der Waals surface area contributed by atoms with Gasteiger partial charge in [-0.15, -0.1) is 0 Å². The summed E-state index contributed by atoms with van der Waals surface area (Å²) in [4.78, 5) is 11.5. The quantitative estimate of drug-likeness (QED) is 0.861. The van der Waals surface area contributed by atoms with Crippen molar-refractivity contribution in [3.8, 4) is 0 Å². The van der Waals surface area contributed by atoms with E-state index in [9.17, 15) is 4.79 Å². The van der Waals surface area contributed by atoms with Crippen molar-refractivity contribution in [2.24, 2.45) is 5.41 Å². The summed E-state index contributed by atoms with van der Waals surface area (Å²) < 4.78 is 0. The van der Waals surface area contributed by atoms with Crippen LogP contribution in [0.4, 0.5) is 4.79 Å². The average Bonchev–Trinajstić information content (AvgIpc) is 2.25. The van der Waals surface area contributed by atoms with Gasteiger partial charge in [-0.2, -0.15) is 0 Å². The first-order valence-corrected chi connectivity index (χ1v) is 6.21. The fourth-order valence-corrected chi connectivity index (χ4v) is 1.46. The van der Waals surface area contributed by atoms with Crippen molar-refractivity contribution >= 4 is 17.6 Å². The molecular formula is C14H19ClN2O. The molecule has 1 aromatic carbocycles. The van der Waals surface area contributed by atoms with Crippen LogP contribution in [0, 0.1) is 5.41 Å². The zero-order chi connectivity index (χ0) is 13.6. The van der Waals surface area contributed by atoms with Crippen molar-refractivity contribution in [1.29, 1.82) is 0 Å². The third-order valence-electron chi connectivity index (χ3n) is 2.14. The normalized spacial score (nSPS) is 11.6. The summed E-state index contributed by atoms with van der Waals surface area (Å²) in [5.41, 5.74) is 1.03. The van der Waals surface area contributed by atoms with Crippen molar-refractivity contribution < 1.29 is 4.79 Å². The van der Waals surface area contributed by atoms with Gasteiger partial charge < -0.3 is 10.6 Å². The molecule has 2 amide bonds. The van der Waals surface area contributed by atoms with Gasteiger partial charge in [-0.3, -0.25) is 0 Å². The van der Waals surface area contributed by atoms with Crippen LogP contribution in [-0.2, 0) is 6.54 Å². The molecule has 0 unspecified atom stereocenters. The second-order valence-corrected chi connectivity index (χ2v) is 5.59. The van der Waals surface area contributed by atoms with Gasteiger partial charge in [-0.25, -0.2) is 4.79 Å². The summed E-state index contributed by atoms with van der Waals surface area (Å²) in [6.45, 7) is 6.65. The van der Waals surface area contributed by atoms with E-state index in [4.69, 9.17) is 11.6 Å². The Bertz CT molecular complexity index is 436. The summed E-state index contributed by atoms with van der Waals surface area (Å²) in [6, 6.07) is 7.17. The number of amides is 2. The number of carbonyl (C=O) groups excluding carboxylic acids is 1. The van der Waals surface area contributed by atoms with E-state index in [1.165, 1.54) is 0 Å². The third kappa shape index (κ3) is 6.30. The van der Waals surface area contributed by atoms with Crippen LogP contribution in [-0.4, -0.2) is 6.03 Å². The smallest absolute Gasteiger partial charge is 0.319 e. The number of benzene rings is 1. The molecule has 0 aliphatic heterocycles. The van der Waals surface area contributed by atoms with Crippen molar-refractivity contribution in [3.63, 3.8) is 0 Å². The number of urea groups is 1. The van der Waals surface area contributed by atoms with Crippen LogP contribution in [0.1, 0.15) is 26.3 Å². The van der Waals surface area contributed by atoms with Crippen LogP contribution >= 0.6 is 11.6 Å². The maximum absolute atomic E-state index is 11.5. The van der Waals surface area contributed by atoms with E-state index in [1.807, 2.05) is 24.3 Å². The molecule has 3 nitrogen and oxygen atoms in total. The lowest BCUT2D eigenvalue weighted by Gasteiger charge is -2.11. The highest BCUT2D eigenvalue weighted by molar-refractivity contribution is 6.30. The van der Waals surface area contributed by atoms with E-state index in [1.54, 1.807) is 12.3 Å². The monoisotopic (exact) mass is 266 g/mol. The average molecular weight is 267 g/mol. The van der Waals surface area contributed by atoms with Gasteiger partial charge in [-0.1, -0.05) is 50.6 Å². The summed E-state index contributed by atoms with van der Waals surface area (Å²) in [5, 5.41) is 6.08. The van der Waals surface area contributed by atoms with Gasteiger partial charge in [0.15, 0.2) is 0 Å². The number of nitrogens with one attached hydrogen (secondary N) is 2. The second-order valence-electron chi connectivity index (χ2n) is 5.16. The Morgan fingerprint density at radius 2 is 2.11 bits per heavy atom. The maximum Gasteiger partial charge on any atom is 0.319 e. The minimum absolute atomic E-state index is 0.0558. The molecule has 0 spiro atoms. The van der Waals surface area contributed by atoms with Gasteiger partial charge in [0.05, 0.1) is 0 Å². The number of carbonyl (C=O) groups is 1. The van der Waals surface area contributed by atoms with E-state index >= 15 is 0 Å². The molecule has 0 radical (unpaired) electrons. The van der Waals surface area contributed by atoms with E-state index in [-0.39, 0.29) is 11.4 Å². The lowest BCUT2D eigenvalue weighted by Crippen LogP contribution is -2.31. The topological polar surface area (TPSA) is 41.1 Å². The number of hydrogen-bond acceptors (Lipinski definition) is 1. The summed E-state index contributed by atoms with van der Waals surface area (Å²) in [7, 11) is 0. The highest BCUT2D eigenvalue weighted by Gasteiger charge is 2.04. The fraction of sp³-hybridized carbons (Fsp3) is 0.357. The fourth-order valence-electron chi connectivity index (χ4n) is 1.25. The predicted octanol–water partition coefficient (Wildman–Crippen LogP) is 3.70. The Labute approximate surface area is 113 Å². The van der Waals surface area contributed by atoms with Crippen molar-refractivity contribution in [2.75, 3.05) is 0 Å². The Morgan fingerprint density at radius 3 is 2.72 bits per heavy atom. The van der Waals surface area contributed by atoms with E-state index in [0.29, 0.717) is 11.6 Å². The number of rotatable bonds is 3. The number of halogens is 1. The zero-order valence-corrected chi connectivity index (χ0v) is 11.7. The molecule has 1 rings (SSSR count). The largest absolute Gasteiger partial charge is 0.334 e. The molecule has 4 heteroatoms. The minimum atomic E-state index is -0.226. The molecule has 0 saturated carbocycles. The lowest BCUT2D eigenvalue weighted by atomic mass is 9.97. The van der Waals surface area contributed by atoms with Crippen LogP contribution in [0.15, 0.2) is 36.5 Å². The Morgan fingerprint density at radius 1 is 1.39 bits per heavy atom.